The summed E-state index contributed by atoms with van der Waals surface area (Å²) in [5, 5.41) is 11.7. The zero-order chi connectivity index (χ0) is 19.4. The molecule has 0 aliphatic carbocycles. The highest BCUT2D eigenvalue weighted by Gasteiger charge is 2.15. The number of H-pyrrole nitrogens is 1. The Morgan fingerprint density at radius 2 is 1.96 bits per heavy atom. The van der Waals surface area contributed by atoms with Crippen molar-refractivity contribution in [2.75, 3.05) is 11.9 Å². The van der Waals surface area contributed by atoms with E-state index in [-0.39, 0.29) is 30.7 Å². The highest BCUT2D eigenvalue weighted by atomic mass is 35.5. The van der Waals surface area contributed by atoms with Crippen molar-refractivity contribution in [2.45, 2.75) is 6.54 Å². The van der Waals surface area contributed by atoms with Crippen LogP contribution in [0.1, 0.15) is 16.2 Å². The van der Waals surface area contributed by atoms with Gasteiger partial charge < -0.3 is 25.9 Å². The van der Waals surface area contributed by atoms with Crippen molar-refractivity contribution in [3.05, 3.63) is 64.2 Å². The normalized spacial score (nSPS) is 11.8. The molecule has 4 rings (SSSR count). The molecule has 9 nitrogen and oxygen atoms in total. The molecule has 2 aromatic carbocycles. The number of carbonyl (C=O) groups is 2. The fraction of sp³-hybridized carbons (Fsp3) is 0.111. The second kappa shape index (κ2) is 8.98. The van der Waals surface area contributed by atoms with Gasteiger partial charge in [-0.2, -0.15) is 0 Å². The Morgan fingerprint density at radius 3 is 2.68 bits per heavy atom. The summed E-state index contributed by atoms with van der Waals surface area (Å²) in [7, 11) is 0. The minimum absolute atomic E-state index is 0. The first-order valence-electron chi connectivity index (χ1n) is 7.96. The second-order valence-electron chi connectivity index (χ2n) is 5.61. The number of carbonyl (C=O) groups excluding carboxylic acids is 1. The van der Waals surface area contributed by atoms with Crippen LogP contribution in [0.15, 0.2) is 47.3 Å². The van der Waals surface area contributed by atoms with E-state index in [1.807, 2.05) is 12.1 Å². The van der Waals surface area contributed by atoms with Gasteiger partial charge in [-0.25, -0.2) is 9.78 Å². The highest BCUT2D eigenvalue weighted by Crippen LogP contribution is 2.28. The number of aromatic carboxylic acids is 1. The minimum atomic E-state index is -1.24. The molecular weight excluding hydrogens is 388 g/mol. The maximum Gasteiger partial charge on any atom is 0.372 e. The number of amides is 1. The Labute approximate surface area is 165 Å². The van der Waals surface area contributed by atoms with E-state index in [0.29, 0.717) is 28.9 Å². The molecule has 0 bridgehead atoms. The molecule has 0 saturated heterocycles. The van der Waals surface area contributed by atoms with Crippen LogP contribution in [-0.2, 0) is 11.3 Å². The van der Waals surface area contributed by atoms with Crippen molar-refractivity contribution in [3.8, 4) is 5.75 Å². The zero-order valence-electron chi connectivity index (χ0n) is 14.5. The van der Waals surface area contributed by atoms with Crippen molar-refractivity contribution in [2.24, 2.45) is 5.73 Å². The molecule has 0 atom stereocenters. The van der Waals surface area contributed by atoms with Gasteiger partial charge in [0.05, 0.1) is 16.6 Å². The quantitative estimate of drug-likeness (QED) is 0.506. The Kier molecular flexibility index (Phi) is 6.69. The number of hydrogen-bond acceptors (Lipinski definition) is 6. The molecule has 3 aromatic rings. The predicted molar refractivity (Wildman–Crippen MR) is 105 cm³/mol. The molecule has 2 heterocycles. The molecule has 28 heavy (non-hydrogen) atoms. The van der Waals surface area contributed by atoms with E-state index in [2.05, 4.69) is 15.3 Å². The van der Waals surface area contributed by atoms with Crippen LogP contribution in [0.4, 0.5) is 5.69 Å². The van der Waals surface area contributed by atoms with Crippen molar-refractivity contribution in [1.82, 2.24) is 9.97 Å². The number of anilines is 1. The van der Waals surface area contributed by atoms with Crippen LogP contribution in [0.3, 0.4) is 0 Å². The van der Waals surface area contributed by atoms with Crippen LogP contribution >= 0.6 is 12.4 Å². The first-order chi connectivity index (χ1) is 13.0. The molecule has 10 heteroatoms. The number of rotatable bonds is 2. The summed E-state index contributed by atoms with van der Waals surface area (Å²) in [4.78, 5) is 38.8. The third-order valence-electron chi connectivity index (χ3n) is 3.73. The molecule has 1 amide bonds. The topological polar surface area (TPSA) is 147 Å². The van der Waals surface area contributed by atoms with Gasteiger partial charge in [0, 0.05) is 6.54 Å². The number of ether oxygens (including phenoxy) is 1. The molecule has 0 unspecified atom stereocenters. The average Bonchev–Trinajstić information content (AvgIpc) is 2.68. The molecule has 146 valence electrons. The van der Waals surface area contributed by atoms with E-state index < -0.39 is 11.5 Å². The van der Waals surface area contributed by atoms with Crippen molar-refractivity contribution >= 4 is 40.9 Å². The van der Waals surface area contributed by atoms with Gasteiger partial charge in [0.15, 0.2) is 6.61 Å². The van der Waals surface area contributed by atoms with E-state index in [4.69, 9.17) is 15.6 Å². The first kappa shape index (κ1) is 20.9. The van der Waals surface area contributed by atoms with E-state index in [1.54, 1.807) is 30.3 Å². The Morgan fingerprint density at radius 1 is 1.21 bits per heavy atom. The van der Waals surface area contributed by atoms with Crippen LogP contribution in [0.2, 0.25) is 0 Å². The van der Waals surface area contributed by atoms with E-state index >= 15 is 0 Å². The van der Waals surface area contributed by atoms with Gasteiger partial charge in [-0.1, -0.05) is 18.2 Å². The lowest BCUT2D eigenvalue weighted by molar-refractivity contribution is -0.118. The number of fused-ring (bicyclic) bond motifs is 2. The molecule has 1 aliphatic heterocycles. The van der Waals surface area contributed by atoms with E-state index in [1.165, 1.54) is 0 Å². The standard InChI is InChI=1S/C9H6N2O3.C9H10N2O2.ClH/c12-8-5-3-1-2-4-6(5)10-7(11-8)9(13)14;10-4-6-1-2-7-8(3-6)13-5-9(12)11-7;/h1-4H,(H,13,14)(H,10,11,12);1-3H,4-5,10H2,(H,11,12);1H. The van der Waals surface area contributed by atoms with Crippen LogP contribution in [0.25, 0.3) is 10.9 Å². The average molecular weight is 405 g/mol. The van der Waals surface area contributed by atoms with Crippen LogP contribution in [0, 0.1) is 0 Å². The fourth-order valence-electron chi connectivity index (χ4n) is 2.43. The Bertz CT molecular complexity index is 1080. The number of halogens is 1. The molecule has 0 spiro atoms. The van der Waals surface area contributed by atoms with Gasteiger partial charge in [0.2, 0.25) is 5.82 Å². The van der Waals surface area contributed by atoms with Gasteiger partial charge in [0.25, 0.3) is 11.5 Å². The van der Waals surface area contributed by atoms with Gasteiger partial charge >= 0.3 is 5.97 Å². The number of hydrogen-bond donors (Lipinski definition) is 4. The number of aromatic amines is 1. The third kappa shape index (κ3) is 4.64. The van der Waals surface area contributed by atoms with Crippen molar-refractivity contribution in [1.29, 1.82) is 0 Å². The zero-order valence-corrected chi connectivity index (χ0v) is 15.3. The van der Waals surface area contributed by atoms with E-state index in [0.717, 1.165) is 5.56 Å². The minimum Gasteiger partial charge on any atom is -0.482 e. The Hall–Kier alpha value is -3.43. The fourth-order valence-corrected chi connectivity index (χ4v) is 2.43. The molecule has 1 aromatic heterocycles. The predicted octanol–water partition coefficient (Wildman–Crippen LogP) is 1.52. The van der Waals surface area contributed by atoms with Gasteiger partial charge in [-0.05, 0) is 29.8 Å². The van der Waals surface area contributed by atoms with Crippen LogP contribution in [0.5, 0.6) is 5.75 Å². The van der Waals surface area contributed by atoms with Crippen molar-refractivity contribution in [3.63, 3.8) is 0 Å². The summed E-state index contributed by atoms with van der Waals surface area (Å²) in [5.74, 6) is -1.00. The summed E-state index contributed by atoms with van der Waals surface area (Å²) in [6.07, 6.45) is 0. The monoisotopic (exact) mass is 404 g/mol. The lowest BCUT2D eigenvalue weighted by atomic mass is 10.2. The second-order valence-corrected chi connectivity index (χ2v) is 5.61. The summed E-state index contributed by atoms with van der Waals surface area (Å²) < 4.78 is 5.21. The Balaban J connectivity index is 0.000000194. The molecule has 0 radical (unpaired) electrons. The van der Waals surface area contributed by atoms with Gasteiger partial charge in [-0.15, -0.1) is 12.4 Å². The van der Waals surface area contributed by atoms with Crippen molar-refractivity contribution < 1.29 is 19.4 Å². The molecular formula is C18H17ClN4O5. The molecule has 1 aliphatic rings. The van der Waals surface area contributed by atoms with Crippen LogP contribution in [-0.4, -0.2) is 33.6 Å². The molecule has 0 fully saturated rings. The number of benzene rings is 2. The number of carboxylic acid groups (broad SMARTS) is 1. The smallest absolute Gasteiger partial charge is 0.372 e. The third-order valence-corrected chi connectivity index (χ3v) is 3.73. The SMILES string of the molecule is Cl.NCc1ccc2c(c1)OCC(=O)N2.O=C(O)c1nc2ccccc2c(=O)[nH]1. The lowest BCUT2D eigenvalue weighted by Gasteiger charge is -2.18. The number of nitrogens with zero attached hydrogens (tertiary/aromatic N) is 1. The first-order valence-corrected chi connectivity index (χ1v) is 7.96. The van der Waals surface area contributed by atoms with Gasteiger partial charge in [0.1, 0.15) is 5.75 Å². The highest BCUT2D eigenvalue weighted by molar-refractivity contribution is 5.95. The number of aromatic nitrogens is 2. The van der Waals surface area contributed by atoms with Crippen LogP contribution < -0.4 is 21.3 Å². The summed E-state index contributed by atoms with van der Waals surface area (Å²) >= 11 is 0. The largest absolute Gasteiger partial charge is 0.482 e. The van der Waals surface area contributed by atoms with E-state index in [9.17, 15) is 14.4 Å². The summed E-state index contributed by atoms with van der Waals surface area (Å²) in [5.41, 5.74) is 7.12. The summed E-state index contributed by atoms with van der Waals surface area (Å²) in [6, 6.07) is 12.1. The number of nitrogens with one attached hydrogen (secondary N) is 2. The number of nitrogens with two attached hydrogens (primary N) is 1. The molecule has 0 saturated carbocycles. The lowest BCUT2D eigenvalue weighted by Crippen LogP contribution is -2.25. The number of para-hydroxylation sites is 1. The maximum absolute atomic E-state index is 11.3. The molecule has 5 N–H and O–H groups in total. The maximum atomic E-state index is 11.3. The number of carboxylic acids is 1. The summed E-state index contributed by atoms with van der Waals surface area (Å²) in [6.45, 7) is 0.561. The van der Waals surface area contributed by atoms with Gasteiger partial charge in [-0.3, -0.25) is 9.59 Å².